The monoisotopic (exact) mass is 617 g/mol. The number of carbonyl (C=O) groups excluding carboxylic acids is 5. The van der Waals surface area contributed by atoms with Gasteiger partial charge >= 0.3 is 0 Å². The number of hydrogen-bond acceptors (Lipinski definition) is 7. The minimum atomic E-state index is -1.12. The van der Waals surface area contributed by atoms with E-state index in [-0.39, 0.29) is 50.4 Å². The fourth-order valence-electron chi connectivity index (χ4n) is 4.48. The summed E-state index contributed by atoms with van der Waals surface area (Å²) in [5.41, 5.74) is 18.0. The van der Waals surface area contributed by atoms with Crippen LogP contribution < -0.4 is 33.2 Å². The Morgan fingerprint density at radius 3 is 2.00 bits per heavy atom. The van der Waals surface area contributed by atoms with Gasteiger partial charge < -0.3 is 38.1 Å². The molecule has 10 N–H and O–H groups in total. The number of aliphatic imine (C=N–C) groups is 1. The Morgan fingerprint density at radius 1 is 0.778 bits per heavy atom. The maximum atomic E-state index is 13.6. The largest absolute Gasteiger partial charge is 0.370 e. The van der Waals surface area contributed by atoms with E-state index in [0.29, 0.717) is 17.7 Å². The molecule has 0 bridgehead atoms. The first-order valence-corrected chi connectivity index (χ1v) is 14.5. The van der Waals surface area contributed by atoms with E-state index >= 15 is 0 Å². The van der Waals surface area contributed by atoms with Crippen LogP contribution in [0.15, 0.2) is 78.2 Å². The summed E-state index contributed by atoms with van der Waals surface area (Å²) >= 11 is 0. The van der Waals surface area contributed by atoms with Crippen LogP contribution in [0.2, 0.25) is 0 Å². The summed E-state index contributed by atoms with van der Waals surface area (Å²) in [6, 6.07) is 14.3. The van der Waals surface area contributed by atoms with Crippen LogP contribution in [0.4, 0.5) is 0 Å². The molecule has 1 aromatic heterocycles. The second-order valence-corrected chi connectivity index (χ2v) is 10.4. The molecule has 0 radical (unpaired) electrons. The number of guanidine groups is 1. The van der Waals surface area contributed by atoms with Gasteiger partial charge in [0.15, 0.2) is 11.7 Å². The lowest BCUT2D eigenvalue weighted by atomic mass is 10.0. The van der Waals surface area contributed by atoms with Crippen molar-refractivity contribution in [3.8, 4) is 0 Å². The van der Waals surface area contributed by atoms with Crippen LogP contribution in [0.25, 0.3) is 0 Å². The number of amides is 4. The van der Waals surface area contributed by atoms with E-state index in [2.05, 4.69) is 30.9 Å². The topological polar surface area (TPSA) is 241 Å². The molecule has 0 spiro atoms. The molecule has 0 saturated carbocycles. The average Bonchev–Trinajstić information content (AvgIpc) is 3.54. The number of ketones is 1. The van der Waals surface area contributed by atoms with Crippen LogP contribution in [0.1, 0.15) is 47.3 Å². The van der Waals surface area contributed by atoms with Crippen molar-refractivity contribution < 1.29 is 24.0 Å². The SMILES string of the molecule is NC(=O)[C@@H](CCCN=C(N)N)NC(=O)[C@@H](Cc1ccccc1)NC(=O)[C@H](Cc1cnc[nH]1)NC(=O)CCC(=O)c1ccccc1. The van der Waals surface area contributed by atoms with Crippen molar-refractivity contribution in [1.29, 1.82) is 0 Å². The first kappa shape index (κ1) is 34.0. The highest BCUT2D eigenvalue weighted by atomic mass is 16.2. The molecule has 45 heavy (non-hydrogen) atoms. The molecule has 2 aromatic carbocycles. The second-order valence-electron chi connectivity index (χ2n) is 10.4. The van der Waals surface area contributed by atoms with E-state index in [9.17, 15) is 24.0 Å². The molecule has 0 saturated heterocycles. The predicted molar refractivity (Wildman–Crippen MR) is 167 cm³/mol. The molecular weight excluding hydrogens is 578 g/mol. The summed E-state index contributed by atoms with van der Waals surface area (Å²) in [6.45, 7) is 0.234. The molecule has 14 heteroatoms. The number of H-pyrrole nitrogens is 1. The predicted octanol–water partition coefficient (Wildman–Crippen LogP) is -0.149. The minimum absolute atomic E-state index is 0.0403. The lowest BCUT2D eigenvalue weighted by Gasteiger charge is -2.25. The molecule has 14 nitrogen and oxygen atoms in total. The number of benzene rings is 2. The molecule has 4 amide bonds. The van der Waals surface area contributed by atoms with Crippen molar-refractivity contribution >= 4 is 35.4 Å². The summed E-state index contributed by atoms with van der Waals surface area (Å²) in [4.78, 5) is 75.4. The van der Waals surface area contributed by atoms with Gasteiger partial charge in [0.1, 0.15) is 18.1 Å². The van der Waals surface area contributed by atoms with Gasteiger partial charge in [0, 0.05) is 49.7 Å². The molecule has 0 aliphatic carbocycles. The smallest absolute Gasteiger partial charge is 0.243 e. The second kappa shape index (κ2) is 17.6. The van der Waals surface area contributed by atoms with E-state index in [1.54, 1.807) is 54.6 Å². The Balaban J connectivity index is 1.73. The maximum Gasteiger partial charge on any atom is 0.243 e. The van der Waals surface area contributed by atoms with Gasteiger partial charge in [-0.1, -0.05) is 60.7 Å². The van der Waals surface area contributed by atoms with E-state index in [1.165, 1.54) is 12.5 Å². The molecule has 3 aromatic rings. The fraction of sp³-hybridized carbons (Fsp3) is 0.323. The zero-order chi connectivity index (χ0) is 32.6. The maximum absolute atomic E-state index is 13.6. The van der Waals surface area contributed by atoms with E-state index in [4.69, 9.17) is 17.2 Å². The Labute approximate surface area is 260 Å². The van der Waals surface area contributed by atoms with Crippen molar-refractivity contribution in [2.75, 3.05) is 6.54 Å². The Bertz CT molecular complexity index is 1440. The Kier molecular flexibility index (Phi) is 13.2. The zero-order valence-electron chi connectivity index (χ0n) is 24.8. The van der Waals surface area contributed by atoms with Gasteiger partial charge in [0.2, 0.25) is 23.6 Å². The standard InChI is InChI=1S/C31H39N9O5/c32-28(43)23(12-7-15-36-31(33)34)39-29(44)24(16-20-8-3-1-4-9-20)40-30(45)25(17-22-18-35-19-37-22)38-27(42)14-13-26(41)21-10-5-2-6-11-21/h1-6,8-11,18-19,23-25H,7,12-17H2,(H2,32,43)(H,35,37)(H,38,42)(H,39,44)(H,40,45)(H4,33,34,36)/t23-,24-,25+/m1/s1. The quantitative estimate of drug-likeness (QED) is 0.0437. The first-order valence-electron chi connectivity index (χ1n) is 14.5. The van der Waals surface area contributed by atoms with Gasteiger partial charge in [-0.05, 0) is 18.4 Å². The molecule has 3 atom stereocenters. The summed E-state index contributed by atoms with van der Waals surface area (Å²) < 4.78 is 0. The van der Waals surface area contributed by atoms with Gasteiger partial charge in [-0.25, -0.2) is 4.98 Å². The van der Waals surface area contributed by atoms with Crippen molar-refractivity contribution in [1.82, 2.24) is 25.9 Å². The molecule has 238 valence electrons. The number of aromatic nitrogens is 2. The summed E-state index contributed by atoms with van der Waals surface area (Å²) in [5.74, 6) is -2.86. The van der Waals surface area contributed by atoms with Gasteiger partial charge in [-0.3, -0.25) is 29.0 Å². The van der Waals surface area contributed by atoms with Crippen LogP contribution in [0, 0.1) is 0 Å². The molecule has 0 aliphatic heterocycles. The number of carbonyl (C=O) groups is 5. The lowest BCUT2D eigenvalue weighted by Crippen LogP contribution is -2.57. The molecule has 0 aliphatic rings. The van der Waals surface area contributed by atoms with Gasteiger partial charge in [-0.15, -0.1) is 0 Å². The number of Topliss-reactive ketones (excluding diaryl/α,β-unsaturated/α-hetero) is 1. The Hall–Kier alpha value is -5.53. The van der Waals surface area contributed by atoms with E-state index in [1.807, 2.05) is 6.07 Å². The van der Waals surface area contributed by atoms with E-state index < -0.39 is 41.8 Å². The molecule has 0 fully saturated rings. The van der Waals surface area contributed by atoms with Crippen LogP contribution in [0.5, 0.6) is 0 Å². The highest BCUT2D eigenvalue weighted by molar-refractivity contribution is 5.98. The number of nitrogens with zero attached hydrogens (tertiary/aromatic N) is 2. The molecule has 1 heterocycles. The number of nitrogens with one attached hydrogen (secondary N) is 4. The van der Waals surface area contributed by atoms with Gasteiger partial charge in [0.05, 0.1) is 6.33 Å². The number of hydrogen-bond donors (Lipinski definition) is 7. The molecule has 3 rings (SSSR count). The van der Waals surface area contributed by atoms with Crippen LogP contribution >= 0.6 is 0 Å². The van der Waals surface area contributed by atoms with Gasteiger partial charge in [-0.2, -0.15) is 0 Å². The van der Waals surface area contributed by atoms with Crippen molar-refractivity contribution in [2.45, 2.75) is 56.7 Å². The number of imidazole rings is 1. The fourth-order valence-corrected chi connectivity index (χ4v) is 4.48. The van der Waals surface area contributed by atoms with Crippen LogP contribution in [-0.4, -0.2) is 70.0 Å². The highest BCUT2D eigenvalue weighted by Gasteiger charge is 2.30. The third-order valence-electron chi connectivity index (χ3n) is 6.83. The normalized spacial score (nSPS) is 12.6. The minimum Gasteiger partial charge on any atom is -0.370 e. The summed E-state index contributed by atoms with van der Waals surface area (Å²) in [5, 5.41) is 8.03. The van der Waals surface area contributed by atoms with Crippen molar-refractivity contribution in [3.05, 3.63) is 90.0 Å². The lowest BCUT2D eigenvalue weighted by molar-refractivity contribution is -0.133. The van der Waals surface area contributed by atoms with Crippen LogP contribution in [-0.2, 0) is 32.0 Å². The summed E-state index contributed by atoms with van der Waals surface area (Å²) in [6.07, 6.45) is 3.43. The molecule has 0 unspecified atom stereocenters. The first-order chi connectivity index (χ1) is 21.6. The number of primary amides is 1. The Morgan fingerprint density at radius 2 is 1.40 bits per heavy atom. The zero-order valence-corrected chi connectivity index (χ0v) is 24.8. The number of aromatic amines is 1. The van der Waals surface area contributed by atoms with Gasteiger partial charge in [0.25, 0.3) is 0 Å². The third-order valence-corrected chi connectivity index (χ3v) is 6.83. The third kappa shape index (κ3) is 11.9. The number of rotatable bonds is 18. The summed E-state index contributed by atoms with van der Waals surface area (Å²) in [7, 11) is 0. The number of nitrogens with two attached hydrogens (primary N) is 3. The van der Waals surface area contributed by atoms with E-state index in [0.717, 1.165) is 5.56 Å². The van der Waals surface area contributed by atoms with Crippen molar-refractivity contribution in [3.63, 3.8) is 0 Å². The average molecular weight is 618 g/mol. The van der Waals surface area contributed by atoms with Crippen LogP contribution in [0.3, 0.4) is 0 Å². The van der Waals surface area contributed by atoms with Crippen molar-refractivity contribution in [2.24, 2.45) is 22.2 Å². The highest BCUT2D eigenvalue weighted by Crippen LogP contribution is 2.09. The molecular formula is C31H39N9O5.